The van der Waals surface area contributed by atoms with E-state index in [1.165, 1.54) is 12.0 Å². The average molecular weight is 206 g/mol. The quantitative estimate of drug-likeness (QED) is 0.815. The average Bonchev–Trinajstić information content (AvgIpc) is 2.18. The molecule has 1 aromatic rings. The van der Waals surface area contributed by atoms with Crippen LogP contribution in [-0.2, 0) is 5.41 Å². The predicted octanol–water partition coefficient (Wildman–Crippen LogP) is 1.56. The van der Waals surface area contributed by atoms with Gasteiger partial charge in [-0.15, -0.1) is 0 Å². The largest absolute Gasteiger partial charge is 0.395 e. The molecule has 1 heterocycles. The molecule has 0 saturated heterocycles. The van der Waals surface area contributed by atoms with Crippen LogP contribution in [0.5, 0.6) is 0 Å². The molecule has 0 atom stereocenters. The lowest BCUT2D eigenvalue weighted by Crippen LogP contribution is -2.38. The summed E-state index contributed by atoms with van der Waals surface area (Å²) < 4.78 is 0. The van der Waals surface area contributed by atoms with Crippen molar-refractivity contribution in [3.05, 3.63) is 23.9 Å². The van der Waals surface area contributed by atoms with Crippen LogP contribution in [0.2, 0.25) is 0 Å². The van der Waals surface area contributed by atoms with Crippen LogP contribution in [0.15, 0.2) is 18.3 Å². The summed E-state index contributed by atoms with van der Waals surface area (Å²) in [6.45, 7) is 0.246. The van der Waals surface area contributed by atoms with Crippen LogP contribution in [0.3, 0.4) is 0 Å². The molecule has 1 fully saturated rings. The van der Waals surface area contributed by atoms with Crippen molar-refractivity contribution < 1.29 is 5.11 Å². The van der Waals surface area contributed by atoms with Gasteiger partial charge >= 0.3 is 0 Å². The first-order chi connectivity index (χ1) is 7.18. The molecule has 0 amide bonds. The Morgan fingerprint density at radius 1 is 1.40 bits per heavy atom. The van der Waals surface area contributed by atoms with Gasteiger partial charge in [0.2, 0.25) is 0 Å². The highest BCUT2D eigenvalue weighted by molar-refractivity contribution is 5.39. The standard InChI is InChI=1S/C12H18N2O/c1-14(2)11-5-4-10(8-13-11)12(9-15)6-3-7-12/h4-5,8,15H,3,6-7,9H2,1-2H3. The molecule has 0 radical (unpaired) electrons. The summed E-state index contributed by atoms with van der Waals surface area (Å²) in [5.74, 6) is 0.964. The molecule has 3 heteroatoms. The van der Waals surface area contributed by atoms with Crippen LogP contribution in [0.1, 0.15) is 24.8 Å². The second-order valence-electron chi connectivity index (χ2n) is 4.59. The van der Waals surface area contributed by atoms with E-state index in [0.29, 0.717) is 0 Å². The van der Waals surface area contributed by atoms with Crippen molar-refractivity contribution in [2.24, 2.45) is 0 Å². The van der Waals surface area contributed by atoms with E-state index in [1.807, 2.05) is 31.3 Å². The third kappa shape index (κ3) is 1.72. The normalized spacial score (nSPS) is 18.3. The van der Waals surface area contributed by atoms with Crippen molar-refractivity contribution >= 4 is 5.82 Å². The van der Waals surface area contributed by atoms with Crippen molar-refractivity contribution in [2.75, 3.05) is 25.6 Å². The lowest BCUT2D eigenvalue weighted by atomic mass is 9.65. The number of aliphatic hydroxyl groups is 1. The fourth-order valence-corrected chi connectivity index (χ4v) is 2.11. The Balaban J connectivity index is 2.23. The molecule has 0 aliphatic heterocycles. The lowest BCUT2D eigenvalue weighted by Gasteiger charge is -2.40. The van der Waals surface area contributed by atoms with E-state index in [1.54, 1.807) is 0 Å². The molecule has 1 aliphatic rings. The Labute approximate surface area is 90.8 Å². The summed E-state index contributed by atoms with van der Waals surface area (Å²) in [5.41, 5.74) is 1.19. The first kappa shape index (κ1) is 10.4. The summed E-state index contributed by atoms with van der Waals surface area (Å²) in [5, 5.41) is 9.43. The van der Waals surface area contributed by atoms with Crippen LogP contribution in [0, 0.1) is 0 Å². The summed E-state index contributed by atoms with van der Waals surface area (Å²) in [4.78, 5) is 6.37. The Morgan fingerprint density at radius 2 is 2.13 bits per heavy atom. The second kappa shape index (κ2) is 3.81. The molecule has 1 aliphatic carbocycles. The molecular formula is C12H18N2O. The molecule has 15 heavy (non-hydrogen) atoms. The van der Waals surface area contributed by atoms with Gasteiger partial charge in [-0.05, 0) is 24.5 Å². The summed E-state index contributed by atoms with van der Waals surface area (Å²) >= 11 is 0. The van der Waals surface area contributed by atoms with E-state index in [-0.39, 0.29) is 12.0 Å². The van der Waals surface area contributed by atoms with Crippen molar-refractivity contribution in [1.82, 2.24) is 4.98 Å². The van der Waals surface area contributed by atoms with Gasteiger partial charge in [0.15, 0.2) is 0 Å². The van der Waals surface area contributed by atoms with E-state index in [4.69, 9.17) is 0 Å². The first-order valence-electron chi connectivity index (χ1n) is 5.43. The number of anilines is 1. The zero-order chi connectivity index (χ0) is 10.9. The van der Waals surface area contributed by atoms with Gasteiger partial charge in [-0.25, -0.2) is 4.98 Å². The van der Waals surface area contributed by atoms with Crippen LogP contribution in [-0.4, -0.2) is 30.8 Å². The van der Waals surface area contributed by atoms with Gasteiger partial charge in [-0.1, -0.05) is 12.5 Å². The number of hydrogen-bond acceptors (Lipinski definition) is 3. The van der Waals surface area contributed by atoms with Gasteiger partial charge in [-0.3, -0.25) is 0 Å². The molecule has 1 N–H and O–H groups in total. The maximum absolute atomic E-state index is 9.43. The zero-order valence-electron chi connectivity index (χ0n) is 9.40. The van der Waals surface area contributed by atoms with E-state index in [2.05, 4.69) is 11.1 Å². The Kier molecular flexibility index (Phi) is 2.65. The lowest BCUT2D eigenvalue weighted by molar-refractivity contribution is 0.120. The third-order valence-corrected chi connectivity index (χ3v) is 3.43. The molecule has 82 valence electrons. The maximum Gasteiger partial charge on any atom is 0.127 e. The van der Waals surface area contributed by atoms with Crippen LogP contribution in [0.4, 0.5) is 5.82 Å². The van der Waals surface area contributed by atoms with E-state index in [9.17, 15) is 5.11 Å². The number of rotatable bonds is 3. The van der Waals surface area contributed by atoms with Crippen LogP contribution in [0.25, 0.3) is 0 Å². The van der Waals surface area contributed by atoms with Crippen molar-refractivity contribution in [3.8, 4) is 0 Å². The minimum Gasteiger partial charge on any atom is -0.395 e. The van der Waals surface area contributed by atoms with Gasteiger partial charge in [0, 0.05) is 25.7 Å². The number of nitrogens with zero attached hydrogens (tertiary/aromatic N) is 2. The van der Waals surface area contributed by atoms with Crippen LogP contribution >= 0.6 is 0 Å². The monoisotopic (exact) mass is 206 g/mol. The van der Waals surface area contributed by atoms with E-state index in [0.717, 1.165) is 18.7 Å². The molecule has 2 rings (SSSR count). The summed E-state index contributed by atoms with van der Waals surface area (Å²) in [6, 6.07) is 4.11. The molecule has 0 spiro atoms. The molecule has 0 bridgehead atoms. The van der Waals surface area contributed by atoms with Crippen molar-refractivity contribution in [3.63, 3.8) is 0 Å². The van der Waals surface area contributed by atoms with Gasteiger partial charge in [0.25, 0.3) is 0 Å². The van der Waals surface area contributed by atoms with Gasteiger partial charge < -0.3 is 10.0 Å². The number of hydrogen-bond donors (Lipinski definition) is 1. The highest BCUT2D eigenvalue weighted by Crippen LogP contribution is 2.43. The van der Waals surface area contributed by atoms with Gasteiger partial charge in [0.05, 0.1) is 6.61 Å². The number of pyridine rings is 1. The fourth-order valence-electron chi connectivity index (χ4n) is 2.11. The molecule has 1 aromatic heterocycles. The smallest absolute Gasteiger partial charge is 0.127 e. The van der Waals surface area contributed by atoms with Crippen LogP contribution < -0.4 is 4.90 Å². The molecule has 0 aromatic carbocycles. The Hall–Kier alpha value is -1.09. The minimum atomic E-state index is 0.0117. The zero-order valence-corrected chi connectivity index (χ0v) is 9.40. The molecule has 0 unspecified atom stereocenters. The first-order valence-corrected chi connectivity index (χ1v) is 5.43. The Morgan fingerprint density at radius 3 is 2.47 bits per heavy atom. The highest BCUT2D eigenvalue weighted by Gasteiger charge is 2.38. The van der Waals surface area contributed by atoms with Gasteiger partial charge in [-0.2, -0.15) is 0 Å². The van der Waals surface area contributed by atoms with Crippen molar-refractivity contribution in [1.29, 1.82) is 0 Å². The number of aliphatic hydroxyl groups excluding tert-OH is 1. The topological polar surface area (TPSA) is 36.4 Å². The SMILES string of the molecule is CN(C)c1ccc(C2(CO)CCC2)cn1. The molecule has 3 nitrogen and oxygen atoms in total. The van der Waals surface area contributed by atoms with Crippen molar-refractivity contribution in [2.45, 2.75) is 24.7 Å². The summed E-state index contributed by atoms with van der Waals surface area (Å²) in [6.07, 6.45) is 5.31. The van der Waals surface area contributed by atoms with E-state index >= 15 is 0 Å². The minimum absolute atomic E-state index is 0.0117. The molecular weight excluding hydrogens is 188 g/mol. The highest BCUT2D eigenvalue weighted by atomic mass is 16.3. The molecule has 1 saturated carbocycles. The van der Waals surface area contributed by atoms with E-state index < -0.39 is 0 Å². The second-order valence-corrected chi connectivity index (χ2v) is 4.59. The maximum atomic E-state index is 9.43. The third-order valence-electron chi connectivity index (χ3n) is 3.43. The summed E-state index contributed by atoms with van der Waals surface area (Å²) in [7, 11) is 3.96. The fraction of sp³-hybridized carbons (Fsp3) is 0.583. The number of aromatic nitrogens is 1. The predicted molar refractivity (Wildman–Crippen MR) is 61.2 cm³/mol. The van der Waals surface area contributed by atoms with Gasteiger partial charge in [0.1, 0.15) is 5.82 Å². The Bertz CT molecular complexity index is 322.